The van der Waals surface area contributed by atoms with Crippen molar-refractivity contribution in [2.45, 2.75) is 133 Å². The lowest BCUT2D eigenvalue weighted by molar-refractivity contribution is -0.0553. The van der Waals surface area contributed by atoms with Crippen LogP contribution in [0.1, 0.15) is 154 Å². The van der Waals surface area contributed by atoms with Gasteiger partial charge in [0.05, 0.1) is 12.2 Å². The van der Waals surface area contributed by atoms with Gasteiger partial charge in [0.2, 0.25) is 35.1 Å². The summed E-state index contributed by atoms with van der Waals surface area (Å²) in [5, 5.41) is 38.8. The van der Waals surface area contributed by atoms with Crippen molar-refractivity contribution in [3.05, 3.63) is 108 Å². The smallest absolute Gasteiger partial charge is 0.290 e. The summed E-state index contributed by atoms with van der Waals surface area (Å²) >= 11 is 0. The maximum absolute atomic E-state index is 12.5. The summed E-state index contributed by atoms with van der Waals surface area (Å²) in [5.74, 6) is 2.94. The van der Waals surface area contributed by atoms with Crippen LogP contribution in [0.4, 0.5) is 0 Å². The van der Waals surface area contributed by atoms with Crippen LogP contribution in [0, 0.1) is 0 Å². The molecule has 4 aliphatic carbocycles. The van der Waals surface area contributed by atoms with Crippen LogP contribution in [0.5, 0.6) is 0 Å². The van der Waals surface area contributed by atoms with E-state index in [4.69, 9.17) is 27.7 Å². The fourth-order valence-corrected chi connectivity index (χ4v) is 7.10. The molecule has 16 nitrogen and oxygen atoms in total. The van der Waals surface area contributed by atoms with Crippen molar-refractivity contribution in [2.24, 2.45) is 0 Å². The SMILES string of the molecule is CC(C)c1nnc(C2CC(NC(=O)c3cc(-c4ccccc4)no3)C2)o1.CC(OC1CCC1)c1nnc(C2CC(NC(=O)c3cc(-c4ccccc4)no3)C2)o1.OC1CCC1. The number of carbonyl (C=O) groups is 2. The molecule has 1 atom stereocenters. The van der Waals surface area contributed by atoms with Gasteiger partial charge in [0.25, 0.3) is 11.8 Å². The van der Waals surface area contributed by atoms with E-state index in [-0.39, 0.29) is 65.4 Å². The van der Waals surface area contributed by atoms with Crippen molar-refractivity contribution >= 4 is 11.8 Å². The van der Waals surface area contributed by atoms with Crippen molar-refractivity contribution in [1.82, 2.24) is 41.3 Å². The van der Waals surface area contributed by atoms with E-state index >= 15 is 0 Å². The number of hydrogen-bond donors (Lipinski definition) is 3. The molecule has 3 N–H and O–H groups in total. The van der Waals surface area contributed by atoms with Crippen molar-refractivity contribution in [3.8, 4) is 22.5 Å². The average molecular weight is 833 g/mol. The zero-order valence-corrected chi connectivity index (χ0v) is 34.6. The molecule has 0 spiro atoms. The van der Waals surface area contributed by atoms with Crippen molar-refractivity contribution < 1.29 is 37.3 Å². The molecule has 16 heteroatoms. The lowest BCUT2D eigenvalue weighted by atomic mass is 9.80. The molecule has 10 rings (SSSR count). The van der Waals surface area contributed by atoms with Gasteiger partial charge in [0.1, 0.15) is 17.5 Å². The molecule has 0 radical (unpaired) electrons. The first-order valence-electron chi connectivity index (χ1n) is 21.3. The number of hydrogen-bond acceptors (Lipinski definition) is 14. The van der Waals surface area contributed by atoms with Crippen molar-refractivity contribution in [2.75, 3.05) is 0 Å². The van der Waals surface area contributed by atoms with E-state index in [1.54, 1.807) is 12.1 Å². The lowest BCUT2D eigenvalue weighted by Gasteiger charge is -2.33. The van der Waals surface area contributed by atoms with Crippen molar-refractivity contribution in [1.29, 1.82) is 0 Å². The van der Waals surface area contributed by atoms with Gasteiger partial charge in [-0.3, -0.25) is 9.59 Å². The Balaban J connectivity index is 0.000000152. The van der Waals surface area contributed by atoms with Gasteiger partial charge >= 0.3 is 0 Å². The Morgan fingerprint density at radius 2 is 1.10 bits per heavy atom. The molecule has 320 valence electrons. The summed E-state index contributed by atoms with van der Waals surface area (Å²) in [6.45, 7) is 5.98. The predicted octanol–water partition coefficient (Wildman–Crippen LogP) is 8.09. The van der Waals surface area contributed by atoms with Crippen molar-refractivity contribution in [3.63, 3.8) is 0 Å². The largest absolute Gasteiger partial charge is 0.425 e. The third-order valence-electron chi connectivity index (χ3n) is 11.5. The normalized spacial score (nSPS) is 21.3. The number of ether oxygens (including phenoxy) is 1. The number of benzene rings is 2. The summed E-state index contributed by atoms with van der Waals surface area (Å²) in [6.07, 6.45) is 10.0. The minimum atomic E-state index is -0.262. The lowest BCUT2D eigenvalue weighted by Crippen LogP contribution is -2.43. The minimum Gasteiger partial charge on any atom is -0.425 e. The molecule has 0 saturated heterocycles. The predicted molar refractivity (Wildman–Crippen MR) is 220 cm³/mol. The summed E-state index contributed by atoms with van der Waals surface area (Å²) in [6, 6.07) is 22.7. The molecule has 61 heavy (non-hydrogen) atoms. The molecule has 4 aliphatic rings. The zero-order valence-electron chi connectivity index (χ0n) is 34.6. The van der Waals surface area contributed by atoms with Gasteiger partial charge in [-0.15, -0.1) is 20.4 Å². The molecular weight excluding hydrogens is 781 g/mol. The van der Waals surface area contributed by atoms with Crippen LogP contribution < -0.4 is 10.6 Å². The Kier molecular flexibility index (Phi) is 13.1. The highest BCUT2D eigenvalue weighted by atomic mass is 16.5. The standard InChI is InChI=1S/C22H24N4O4.C19H20N4O3.C4H8O/c1-13(28-17-8-5-9-17)21-24-25-22(29-21)15-10-16(11-15)23-20(27)19-12-18(26-30-19)14-6-3-2-4-7-14;1-11(2)18-21-22-19(25-18)13-8-14(9-13)20-17(24)16-10-15(23-26-16)12-6-4-3-5-7-12;5-4-2-1-3-4/h2-4,6-7,12-13,15-17H,5,8-11H2,1H3,(H,23,27);3-7,10-11,13-14H,8-9H2,1-2H3,(H,20,24);4-5H,1-3H2. The van der Waals surface area contributed by atoms with Crippen LogP contribution in [0.15, 0.2) is 90.7 Å². The highest BCUT2D eigenvalue weighted by Crippen LogP contribution is 2.38. The topological polar surface area (TPSA) is 218 Å². The third-order valence-corrected chi connectivity index (χ3v) is 11.5. The molecule has 0 aliphatic heterocycles. The molecule has 0 bridgehead atoms. The summed E-state index contributed by atoms with van der Waals surface area (Å²) in [7, 11) is 0. The van der Waals surface area contributed by atoms with Crippen LogP contribution in [0.25, 0.3) is 22.5 Å². The quantitative estimate of drug-likeness (QED) is 0.106. The van der Waals surface area contributed by atoms with Crippen LogP contribution in [0.3, 0.4) is 0 Å². The summed E-state index contributed by atoms with van der Waals surface area (Å²) < 4.78 is 27.8. The Hall–Kier alpha value is -6.00. The fourth-order valence-electron chi connectivity index (χ4n) is 7.10. The second-order valence-corrected chi connectivity index (χ2v) is 16.6. The molecule has 2 aromatic carbocycles. The summed E-state index contributed by atoms with van der Waals surface area (Å²) in [4.78, 5) is 24.8. The van der Waals surface area contributed by atoms with Gasteiger partial charge in [-0.1, -0.05) is 84.8 Å². The number of amides is 2. The molecular formula is C45H52N8O8. The second kappa shape index (κ2) is 19.1. The molecule has 6 aromatic rings. The zero-order chi connectivity index (χ0) is 42.3. The van der Waals surface area contributed by atoms with Crippen LogP contribution in [0.2, 0.25) is 0 Å². The highest BCUT2D eigenvalue weighted by Gasteiger charge is 2.37. The number of aliphatic hydroxyl groups is 1. The van der Waals surface area contributed by atoms with Gasteiger partial charge < -0.3 is 38.4 Å². The number of carbonyl (C=O) groups excluding carboxylic acids is 2. The Bertz CT molecular complexity index is 2320. The second-order valence-electron chi connectivity index (χ2n) is 16.6. The number of rotatable bonds is 12. The Morgan fingerprint density at radius 1 is 0.656 bits per heavy atom. The van der Waals surface area contributed by atoms with E-state index in [2.05, 4.69) is 41.3 Å². The van der Waals surface area contributed by atoms with E-state index in [9.17, 15) is 9.59 Å². The van der Waals surface area contributed by atoms with Crippen LogP contribution >= 0.6 is 0 Å². The van der Waals surface area contributed by atoms with E-state index < -0.39 is 0 Å². The molecule has 2 amide bonds. The molecule has 4 heterocycles. The number of aromatic nitrogens is 6. The molecule has 4 aromatic heterocycles. The molecule has 1 unspecified atom stereocenters. The summed E-state index contributed by atoms with van der Waals surface area (Å²) in [5.41, 5.74) is 3.11. The Labute approximate surface area is 353 Å². The monoisotopic (exact) mass is 832 g/mol. The van der Waals surface area contributed by atoms with Gasteiger partial charge in [-0.05, 0) is 71.1 Å². The first kappa shape index (κ1) is 41.7. The van der Waals surface area contributed by atoms with E-state index in [0.717, 1.165) is 62.5 Å². The minimum absolute atomic E-state index is 0.0479. The van der Waals surface area contributed by atoms with Crippen LogP contribution in [-0.4, -0.2) is 71.9 Å². The van der Waals surface area contributed by atoms with E-state index in [1.807, 2.05) is 81.4 Å². The number of nitrogens with zero attached hydrogens (tertiary/aromatic N) is 6. The maximum Gasteiger partial charge on any atom is 0.290 e. The molecule has 4 saturated carbocycles. The van der Waals surface area contributed by atoms with Gasteiger partial charge in [-0.2, -0.15) is 0 Å². The van der Waals surface area contributed by atoms with Gasteiger partial charge in [-0.25, -0.2) is 0 Å². The number of nitrogens with one attached hydrogen (secondary N) is 2. The maximum atomic E-state index is 12.5. The van der Waals surface area contributed by atoms with E-state index in [0.29, 0.717) is 41.1 Å². The van der Waals surface area contributed by atoms with Gasteiger partial charge in [0.15, 0.2) is 0 Å². The first-order chi connectivity index (χ1) is 29.6. The number of aliphatic hydroxyl groups excluding tert-OH is 1. The van der Waals surface area contributed by atoms with Gasteiger partial charge in [0, 0.05) is 53.1 Å². The fraction of sp³-hybridized carbons (Fsp3) is 0.467. The first-order valence-corrected chi connectivity index (χ1v) is 21.3. The van der Waals surface area contributed by atoms with E-state index in [1.165, 1.54) is 12.8 Å². The molecule has 4 fully saturated rings. The Morgan fingerprint density at radius 3 is 1.49 bits per heavy atom. The average Bonchev–Trinajstić information content (AvgIpc) is 4.06. The highest BCUT2D eigenvalue weighted by molar-refractivity contribution is 5.93. The third kappa shape index (κ3) is 10.5. The van der Waals surface area contributed by atoms with Crippen LogP contribution in [-0.2, 0) is 4.74 Å².